The number of carbonyl (C=O) groups excluding carboxylic acids is 2. The summed E-state index contributed by atoms with van der Waals surface area (Å²) in [6.07, 6.45) is 0. The number of anilines is 1. The number of rotatable bonds is 5. The van der Waals surface area contributed by atoms with Crippen molar-refractivity contribution in [3.63, 3.8) is 0 Å². The minimum Gasteiger partial charge on any atom is -0.496 e. The molecule has 136 valence electrons. The molecule has 1 aromatic carbocycles. The molecule has 0 aliphatic heterocycles. The molecule has 0 spiro atoms. The lowest BCUT2D eigenvalue weighted by Crippen LogP contribution is -2.42. The van der Waals surface area contributed by atoms with E-state index in [1.54, 1.807) is 20.8 Å². The summed E-state index contributed by atoms with van der Waals surface area (Å²) in [6.45, 7) is 3.97. The van der Waals surface area contributed by atoms with Crippen LogP contribution in [0.4, 0.5) is 11.4 Å². The Balaban J connectivity index is 3.34. The first kappa shape index (κ1) is 19.9. The summed E-state index contributed by atoms with van der Waals surface area (Å²) in [4.78, 5) is 45.9. The summed E-state index contributed by atoms with van der Waals surface area (Å²) < 4.78 is 9.92. The van der Waals surface area contributed by atoms with Crippen molar-refractivity contribution in [1.82, 2.24) is 0 Å². The third-order valence-electron chi connectivity index (χ3n) is 2.81. The van der Waals surface area contributed by atoms with E-state index in [4.69, 9.17) is 14.6 Å². The molecular formula is C15H18N2O8. The first-order valence-electron chi connectivity index (χ1n) is 7.05. The van der Waals surface area contributed by atoms with E-state index < -0.39 is 40.6 Å². The van der Waals surface area contributed by atoms with Crippen molar-refractivity contribution in [2.45, 2.75) is 26.4 Å². The van der Waals surface area contributed by atoms with Gasteiger partial charge in [-0.2, -0.15) is 0 Å². The maximum absolute atomic E-state index is 12.0. The number of benzene rings is 1. The Morgan fingerprint density at radius 1 is 1.28 bits per heavy atom. The molecule has 10 nitrogen and oxygen atoms in total. The first-order valence-corrected chi connectivity index (χ1v) is 7.05. The van der Waals surface area contributed by atoms with Gasteiger partial charge in [-0.15, -0.1) is 0 Å². The zero-order valence-corrected chi connectivity index (χ0v) is 14.1. The lowest BCUT2D eigenvalue weighted by atomic mass is 10.2. The fraction of sp³-hybridized carbons (Fsp3) is 0.400. The SMILES string of the molecule is COc1ccc(N(CC(=O)OC(C)(C)C)C(=O)C(=O)O)c([N+](=O)[O-])c1. The number of hydrogen-bond donors (Lipinski definition) is 1. The molecule has 0 aliphatic rings. The molecule has 0 unspecified atom stereocenters. The van der Waals surface area contributed by atoms with Crippen LogP contribution in [-0.2, 0) is 19.1 Å². The highest BCUT2D eigenvalue weighted by Gasteiger charge is 2.32. The predicted octanol–water partition coefficient (Wildman–Crippen LogP) is 1.36. The van der Waals surface area contributed by atoms with Gasteiger partial charge in [0.2, 0.25) is 0 Å². The first-order chi connectivity index (χ1) is 11.5. The van der Waals surface area contributed by atoms with Crippen LogP contribution in [0.5, 0.6) is 5.75 Å². The molecule has 0 heterocycles. The van der Waals surface area contributed by atoms with Gasteiger partial charge in [-0.25, -0.2) is 4.79 Å². The third kappa shape index (κ3) is 5.44. The van der Waals surface area contributed by atoms with Crippen LogP contribution in [0.25, 0.3) is 0 Å². The average molecular weight is 354 g/mol. The van der Waals surface area contributed by atoms with E-state index in [1.165, 1.54) is 13.2 Å². The highest BCUT2D eigenvalue weighted by molar-refractivity contribution is 6.38. The number of aliphatic carboxylic acids is 1. The van der Waals surface area contributed by atoms with E-state index in [-0.39, 0.29) is 11.4 Å². The Morgan fingerprint density at radius 3 is 2.32 bits per heavy atom. The number of carboxylic acid groups (broad SMARTS) is 1. The van der Waals surface area contributed by atoms with Crippen LogP contribution in [-0.4, -0.2) is 47.1 Å². The molecule has 1 aromatic rings. The topological polar surface area (TPSA) is 136 Å². The van der Waals surface area contributed by atoms with E-state index in [0.717, 1.165) is 12.1 Å². The number of carboxylic acids is 1. The highest BCUT2D eigenvalue weighted by Crippen LogP contribution is 2.32. The van der Waals surface area contributed by atoms with Crippen molar-refractivity contribution < 1.29 is 33.9 Å². The zero-order chi connectivity index (χ0) is 19.4. The summed E-state index contributed by atoms with van der Waals surface area (Å²) in [6, 6.07) is 3.45. The second-order valence-corrected chi connectivity index (χ2v) is 5.89. The highest BCUT2D eigenvalue weighted by atomic mass is 16.6. The van der Waals surface area contributed by atoms with E-state index >= 15 is 0 Å². The molecule has 0 saturated heterocycles. The van der Waals surface area contributed by atoms with Crippen LogP contribution in [0.1, 0.15) is 20.8 Å². The van der Waals surface area contributed by atoms with Gasteiger partial charge in [0.15, 0.2) is 0 Å². The Morgan fingerprint density at radius 2 is 1.88 bits per heavy atom. The molecule has 1 N–H and O–H groups in total. The summed E-state index contributed by atoms with van der Waals surface area (Å²) in [7, 11) is 1.29. The van der Waals surface area contributed by atoms with E-state index in [9.17, 15) is 24.5 Å². The van der Waals surface area contributed by atoms with Crippen molar-refractivity contribution in [3.05, 3.63) is 28.3 Å². The molecule has 1 rings (SSSR count). The van der Waals surface area contributed by atoms with Crippen LogP contribution in [0.2, 0.25) is 0 Å². The molecule has 25 heavy (non-hydrogen) atoms. The lowest BCUT2D eigenvalue weighted by molar-refractivity contribution is -0.384. The molecule has 1 amide bonds. The lowest BCUT2D eigenvalue weighted by Gasteiger charge is -2.24. The fourth-order valence-corrected chi connectivity index (χ4v) is 1.89. The van der Waals surface area contributed by atoms with Gasteiger partial charge in [-0.05, 0) is 32.9 Å². The number of ether oxygens (including phenoxy) is 2. The normalized spacial score (nSPS) is 10.7. The van der Waals surface area contributed by atoms with Crippen LogP contribution < -0.4 is 9.64 Å². The van der Waals surface area contributed by atoms with E-state index in [0.29, 0.717) is 4.90 Å². The van der Waals surface area contributed by atoms with Gasteiger partial charge in [-0.3, -0.25) is 24.6 Å². The third-order valence-corrected chi connectivity index (χ3v) is 2.81. The van der Waals surface area contributed by atoms with Crippen molar-refractivity contribution in [2.75, 3.05) is 18.6 Å². The van der Waals surface area contributed by atoms with Gasteiger partial charge in [0.1, 0.15) is 23.6 Å². The number of methoxy groups -OCH3 is 1. The van der Waals surface area contributed by atoms with Crippen LogP contribution >= 0.6 is 0 Å². The van der Waals surface area contributed by atoms with Gasteiger partial charge in [0, 0.05) is 0 Å². The Kier molecular flexibility index (Phi) is 6.04. The van der Waals surface area contributed by atoms with Gasteiger partial charge >= 0.3 is 17.8 Å². The number of nitro benzene ring substituents is 1. The van der Waals surface area contributed by atoms with Crippen molar-refractivity contribution in [1.29, 1.82) is 0 Å². The smallest absolute Gasteiger partial charge is 0.394 e. The largest absolute Gasteiger partial charge is 0.496 e. The maximum Gasteiger partial charge on any atom is 0.394 e. The monoisotopic (exact) mass is 354 g/mol. The van der Waals surface area contributed by atoms with Gasteiger partial charge in [0.05, 0.1) is 18.1 Å². The second-order valence-electron chi connectivity index (χ2n) is 5.89. The van der Waals surface area contributed by atoms with Crippen molar-refractivity contribution in [2.24, 2.45) is 0 Å². The average Bonchev–Trinajstić information content (AvgIpc) is 2.49. The van der Waals surface area contributed by atoms with Gasteiger partial charge < -0.3 is 14.6 Å². The Bertz CT molecular complexity index is 708. The fourth-order valence-electron chi connectivity index (χ4n) is 1.89. The van der Waals surface area contributed by atoms with Crippen molar-refractivity contribution in [3.8, 4) is 5.75 Å². The van der Waals surface area contributed by atoms with E-state index in [2.05, 4.69) is 0 Å². The Labute approximate surface area is 143 Å². The number of carbonyl (C=O) groups is 3. The molecule has 0 radical (unpaired) electrons. The summed E-state index contributed by atoms with van der Waals surface area (Å²) in [5.74, 6) is -4.14. The Hall–Kier alpha value is -3.17. The number of esters is 1. The molecule has 10 heteroatoms. The molecule has 0 fully saturated rings. The minimum atomic E-state index is -1.87. The molecule has 0 atom stereocenters. The standard InChI is InChI=1S/C15H18N2O8/c1-15(2,3)25-12(18)8-16(13(19)14(20)21)10-6-5-9(24-4)7-11(10)17(22)23/h5-7H,8H2,1-4H3,(H,20,21). The summed E-state index contributed by atoms with van der Waals surface area (Å²) in [5, 5.41) is 20.2. The van der Waals surface area contributed by atoms with E-state index in [1.807, 2.05) is 0 Å². The van der Waals surface area contributed by atoms with Crippen molar-refractivity contribution >= 4 is 29.2 Å². The molecule has 0 saturated carbocycles. The van der Waals surface area contributed by atoms with Crippen LogP contribution in [0, 0.1) is 10.1 Å². The second kappa shape index (κ2) is 7.60. The number of amides is 1. The molecule has 0 aliphatic carbocycles. The van der Waals surface area contributed by atoms with Gasteiger partial charge in [0.25, 0.3) is 5.69 Å². The number of nitro groups is 1. The molecular weight excluding hydrogens is 336 g/mol. The summed E-state index contributed by atoms with van der Waals surface area (Å²) in [5.41, 5.74) is -1.82. The summed E-state index contributed by atoms with van der Waals surface area (Å²) >= 11 is 0. The quantitative estimate of drug-likeness (QED) is 0.362. The van der Waals surface area contributed by atoms with Crippen LogP contribution in [0.15, 0.2) is 18.2 Å². The predicted molar refractivity (Wildman–Crippen MR) is 85.5 cm³/mol. The number of nitrogens with zero attached hydrogens (tertiary/aromatic N) is 2. The zero-order valence-electron chi connectivity index (χ0n) is 14.1. The molecule has 0 aromatic heterocycles. The maximum atomic E-state index is 12.0. The van der Waals surface area contributed by atoms with Crippen LogP contribution in [0.3, 0.4) is 0 Å². The number of hydrogen-bond acceptors (Lipinski definition) is 7. The van der Waals surface area contributed by atoms with Gasteiger partial charge in [-0.1, -0.05) is 0 Å². The minimum absolute atomic E-state index is 0.135. The molecule has 0 bridgehead atoms.